The zero-order valence-corrected chi connectivity index (χ0v) is 15.0. The SMILES string of the molecule is CSc1ncc(C(=O)NCc2ccc3c(c2)OCO3)n1-c1ccccc1. The van der Waals surface area contributed by atoms with E-state index in [0.29, 0.717) is 18.0 Å². The second kappa shape index (κ2) is 7.13. The number of hydrogen-bond donors (Lipinski definition) is 1. The van der Waals surface area contributed by atoms with E-state index in [-0.39, 0.29) is 12.7 Å². The van der Waals surface area contributed by atoms with Gasteiger partial charge in [0.15, 0.2) is 16.7 Å². The van der Waals surface area contributed by atoms with Crippen LogP contribution in [0.4, 0.5) is 0 Å². The first kappa shape index (κ1) is 16.5. The minimum absolute atomic E-state index is 0.181. The zero-order valence-electron chi connectivity index (χ0n) is 14.1. The van der Waals surface area contributed by atoms with Crippen molar-refractivity contribution in [3.63, 3.8) is 0 Å². The van der Waals surface area contributed by atoms with Gasteiger partial charge in [0.25, 0.3) is 5.91 Å². The number of hydrogen-bond acceptors (Lipinski definition) is 5. The Hall–Kier alpha value is -2.93. The van der Waals surface area contributed by atoms with Crippen LogP contribution in [0.5, 0.6) is 11.5 Å². The van der Waals surface area contributed by atoms with Crippen LogP contribution in [0.1, 0.15) is 16.1 Å². The van der Waals surface area contributed by atoms with E-state index in [1.807, 2.05) is 59.4 Å². The summed E-state index contributed by atoms with van der Waals surface area (Å²) in [6, 6.07) is 15.4. The average molecular weight is 367 g/mol. The number of fused-ring (bicyclic) bond motifs is 1. The molecule has 7 heteroatoms. The molecular formula is C19H17N3O3S. The molecule has 132 valence electrons. The quantitative estimate of drug-likeness (QED) is 0.701. The highest BCUT2D eigenvalue weighted by Gasteiger charge is 2.18. The van der Waals surface area contributed by atoms with Crippen molar-refractivity contribution < 1.29 is 14.3 Å². The highest BCUT2D eigenvalue weighted by molar-refractivity contribution is 7.98. The Labute approximate surface area is 155 Å². The summed E-state index contributed by atoms with van der Waals surface area (Å²) in [6.45, 7) is 0.628. The van der Waals surface area contributed by atoms with Crippen molar-refractivity contribution in [2.24, 2.45) is 0 Å². The van der Waals surface area contributed by atoms with Crippen LogP contribution in [0.15, 0.2) is 59.9 Å². The van der Waals surface area contributed by atoms with E-state index in [0.717, 1.165) is 22.2 Å². The fraction of sp³-hybridized carbons (Fsp3) is 0.158. The summed E-state index contributed by atoms with van der Waals surface area (Å²) in [5.74, 6) is 1.25. The molecule has 3 aromatic rings. The fourth-order valence-corrected chi connectivity index (χ4v) is 3.33. The van der Waals surface area contributed by atoms with E-state index in [1.54, 1.807) is 6.20 Å². The number of ether oxygens (including phenoxy) is 2. The fourth-order valence-electron chi connectivity index (χ4n) is 2.79. The number of thioether (sulfide) groups is 1. The van der Waals surface area contributed by atoms with Gasteiger partial charge in [-0.3, -0.25) is 9.36 Å². The Morgan fingerprint density at radius 3 is 2.81 bits per heavy atom. The van der Waals surface area contributed by atoms with E-state index in [2.05, 4.69) is 10.3 Å². The van der Waals surface area contributed by atoms with Crippen LogP contribution in [0.2, 0.25) is 0 Å². The molecule has 1 aliphatic rings. The van der Waals surface area contributed by atoms with Crippen LogP contribution in [-0.4, -0.2) is 28.5 Å². The van der Waals surface area contributed by atoms with Gasteiger partial charge in [0.1, 0.15) is 5.69 Å². The molecule has 2 aromatic carbocycles. The van der Waals surface area contributed by atoms with E-state index >= 15 is 0 Å². The van der Waals surface area contributed by atoms with E-state index in [9.17, 15) is 4.79 Å². The molecule has 26 heavy (non-hydrogen) atoms. The normalized spacial score (nSPS) is 12.2. The van der Waals surface area contributed by atoms with Crippen LogP contribution in [-0.2, 0) is 6.54 Å². The number of benzene rings is 2. The highest BCUT2D eigenvalue weighted by atomic mass is 32.2. The predicted molar refractivity (Wildman–Crippen MR) is 99.1 cm³/mol. The molecule has 0 saturated heterocycles. The second-order valence-electron chi connectivity index (χ2n) is 5.67. The maximum Gasteiger partial charge on any atom is 0.270 e. The van der Waals surface area contributed by atoms with Crippen molar-refractivity contribution in [1.82, 2.24) is 14.9 Å². The first-order valence-electron chi connectivity index (χ1n) is 8.10. The molecule has 1 aromatic heterocycles. The second-order valence-corrected chi connectivity index (χ2v) is 6.44. The Kier molecular flexibility index (Phi) is 4.53. The van der Waals surface area contributed by atoms with E-state index in [4.69, 9.17) is 9.47 Å². The Bertz CT molecular complexity index is 940. The van der Waals surface area contributed by atoms with Gasteiger partial charge >= 0.3 is 0 Å². The van der Waals surface area contributed by atoms with Crippen molar-refractivity contribution in [3.05, 3.63) is 66.0 Å². The van der Waals surface area contributed by atoms with Gasteiger partial charge in [-0.25, -0.2) is 4.98 Å². The van der Waals surface area contributed by atoms with Crippen LogP contribution in [0.25, 0.3) is 5.69 Å². The highest BCUT2D eigenvalue weighted by Crippen LogP contribution is 2.32. The van der Waals surface area contributed by atoms with Gasteiger partial charge in [-0.15, -0.1) is 0 Å². The number of carbonyl (C=O) groups is 1. The largest absolute Gasteiger partial charge is 0.454 e. The lowest BCUT2D eigenvalue weighted by atomic mass is 10.2. The molecule has 0 aliphatic carbocycles. The molecule has 1 aliphatic heterocycles. The topological polar surface area (TPSA) is 65.4 Å². The molecule has 0 spiro atoms. The van der Waals surface area contributed by atoms with Crippen molar-refractivity contribution in [2.45, 2.75) is 11.7 Å². The average Bonchev–Trinajstić information content (AvgIpc) is 3.32. The number of para-hydroxylation sites is 1. The lowest BCUT2D eigenvalue weighted by molar-refractivity contribution is 0.0943. The first-order valence-corrected chi connectivity index (χ1v) is 9.32. The third kappa shape index (κ3) is 3.13. The molecular weight excluding hydrogens is 350 g/mol. The molecule has 1 N–H and O–H groups in total. The lowest BCUT2D eigenvalue weighted by Gasteiger charge is -2.11. The molecule has 0 unspecified atom stereocenters. The van der Waals surface area contributed by atoms with Gasteiger partial charge in [-0.05, 0) is 36.1 Å². The number of imidazole rings is 1. The summed E-state index contributed by atoms with van der Waals surface area (Å²) >= 11 is 1.50. The maximum atomic E-state index is 12.7. The first-order chi connectivity index (χ1) is 12.8. The monoisotopic (exact) mass is 367 g/mol. The molecule has 0 saturated carbocycles. The third-order valence-electron chi connectivity index (χ3n) is 4.05. The maximum absolute atomic E-state index is 12.7. The Morgan fingerprint density at radius 2 is 2.00 bits per heavy atom. The molecule has 0 radical (unpaired) electrons. The van der Waals surface area contributed by atoms with Crippen LogP contribution >= 0.6 is 11.8 Å². The summed E-state index contributed by atoms with van der Waals surface area (Å²) in [6.07, 6.45) is 3.55. The van der Waals surface area contributed by atoms with Crippen molar-refractivity contribution >= 4 is 17.7 Å². The minimum Gasteiger partial charge on any atom is -0.454 e. The number of nitrogens with one attached hydrogen (secondary N) is 1. The Balaban J connectivity index is 1.54. The van der Waals surface area contributed by atoms with Crippen LogP contribution < -0.4 is 14.8 Å². The van der Waals surface area contributed by atoms with Gasteiger partial charge < -0.3 is 14.8 Å². The molecule has 2 heterocycles. The van der Waals surface area contributed by atoms with E-state index < -0.39 is 0 Å². The molecule has 0 bridgehead atoms. The summed E-state index contributed by atoms with van der Waals surface area (Å²) in [5.41, 5.74) is 2.35. The summed E-state index contributed by atoms with van der Waals surface area (Å²) in [5, 5.41) is 3.72. The van der Waals surface area contributed by atoms with Crippen LogP contribution in [0.3, 0.4) is 0 Å². The van der Waals surface area contributed by atoms with Crippen molar-refractivity contribution in [3.8, 4) is 17.2 Å². The van der Waals surface area contributed by atoms with E-state index in [1.165, 1.54) is 11.8 Å². The summed E-state index contributed by atoms with van der Waals surface area (Å²) in [7, 11) is 0. The minimum atomic E-state index is -0.181. The summed E-state index contributed by atoms with van der Waals surface area (Å²) in [4.78, 5) is 17.1. The van der Waals surface area contributed by atoms with Gasteiger partial charge in [0.2, 0.25) is 6.79 Å². The third-order valence-corrected chi connectivity index (χ3v) is 4.70. The predicted octanol–water partition coefficient (Wildman–Crippen LogP) is 3.25. The van der Waals surface area contributed by atoms with Gasteiger partial charge in [0.05, 0.1) is 6.20 Å². The molecule has 0 fully saturated rings. The van der Waals surface area contributed by atoms with Crippen molar-refractivity contribution in [1.29, 1.82) is 0 Å². The van der Waals surface area contributed by atoms with Crippen molar-refractivity contribution in [2.75, 3.05) is 13.0 Å². The number of amides is 1. The Morgan fingerprint density at radius 1 is 1.19 bits per heavy atom. The van der Waals surface area contributed by atoms with Crippen LogP contribution in [0, 0.1) is 0 Å². The number of nitrogens with zero attached hydrogens (tertiary/aromatic N) is 2. The zero-order chi connectivity index (χ0) is 17.9. The standard InChI is InChI=1S/C19H17N3O3S/c1-26-19-21-11-15(22(19)14-5-3-2-4-6-14)18(23)20-10-13-7-8-16-17(9-13)25-12-24-16/h2-9,11H,10,12H2,1H3,(H,20,23). The molecule has 1 amide bonds. The number of carbonyl (C=O) groups excluding carboxylic acids is 1. The molecule has 4 rings (SSSR count). The number of rotatable bonds is 5. The number of aromatic nitrogens is 2. The molecule has 0 atom stereocenters. The smallest absolute Gasteiger partial charge is 0.270 e. The lowest BCUT2D eigenvalue weighted by Crippen LogP contribution is -2.25. The van der Waals surface area contributed by atoms with Gasteiger partial charge in [-0.1, -0.05) is 36.0 Å². The molecule has 6 nitrogen and oxygen atoms in total. The van der Waals surface area contributed by atoms with Gasteiger partial charge in [-0.2, -0.15) is 0 Å². The summed E-state index contributed by atoms with van der Waals surface area (Å²) < 4.78 is 12.5. The van der Waals surface area contributed by atoms with Gasteiger partial charge in [0, 0.05) is 12.2 Å².